The molecule has 112 valence electrons. The summed E-state index contributed by atoms with van der Waals surface area (Å²) in [5.41, 5.74) is 5.98. The molecule has 0 aromatic carbocycles. The SMILES string of the molecule is CCN(CC(O)CC1CCCC1)C1CCC(N)CC1. The highest BCUT2D eigenvalue weighted by Gasteiger charge is 2.26. The third-order valence-corrected chi connectivity index (χ3v) is 5.19. The zero-order valence-electron chi connectivity index (χ0n) is 12.6. The molecule has 1 atom stereocenters. The molecule has 0 saturated heterocycles. The van der Waals surface area contributed by atoms with Crippen LogP contribution in [0.1, 0.15) is 64.7 Å². The molecule has 0 spiro atoms. The predicted molar refractivity (Wildman–Crippen MR) is 80.1 cm³/mol. The van der Waals surface area contributed by atoms with Crippen LogP contribution < -0.4 is 5.73 Å². The van der Waals surface area contributed by atoms with Gasteiger partial charge in [-0.3, -0.25) is 4.90 Å². The molecule has 0 heterocycles. The van der Waals surface area contributed by atoms with Gasteiger partial charge in [-0.25, -0.2) is 0 Å². The summed E-state index contributed by atoms with van der Waals surface area (Å²) in [6, 6.07) is 1.07. The second kappa shape index (κ2) is 7.61. The van der Waals surface area contributed by atoms with Crippen molar-refractivity contribution in [1.82, 2.24) is 4.90 Å². The van der Waals surface area contributed by atoms with Crippen LogP contribution in [-0.4, -0.2) is 41.3 Å². The van der Waals surface area contributed by atoms with Gasteiger partial charge in [-0.1, -0.05) is 32.6 Å². The van der Waals surface area contributed by atoms with Gasteiger partial charge in [0.2, 0.25) is 0 Å². The van der Waals surface area contributed by atoms with E-state index in [0.29, 0.717) is 12.1 Å². The van der Waals surface area contributed by atoms with Gasteiger partial charge in [-0.05, 0) is 44.6 Å². The largest absolute Gasteiger partial charge is 0.392 e. The molecule has 3 nitrogen and oxygen atoms in total. The first kappa shape index (κ1) is 15.3. The Labute approximate surface area is 118 Å². The van der Waals surface area contributed by atoms with Crippen molar-refractivity contribution in [3.63, 3.8) is 0 Å². The van der Waals surface area contributed by atoms with Crippen LogP contribution in [0, 0.1) is 5.92 Å². The van der Waals surface area contributed by atoms with Crippen LogP contribution in [0.5, 0.6) is 0 Å². The third kappa shape index (κ3) is 4.73. The van der Waals surface area contributed by atoms with Crippen LogP contribution in [0.2, 0.25) is 0 Å². The second-order valence-electron chi connectivity index (χ2n) is 6.70. The first-order valence-electron chi connectivity index (χ1n) is 8.36. The Morgan fingerprint density at radius 1 is 1.11 bits per heavy atom. The normalized spacial score (nSPS) is 30.9. The molecule has 2 fully saturated rings. The van der Waals surface area contributed by atoms with Gasteiger partial charge in [-0.2, -0.15) is 0 Å². The minimum absolute atomic E-state index is 0.126. The van der Waals surface area contributed by atoms with E-state index in [1.54, 1.807) is 0 Å². The first-order chi connectivity index (χ1) is 9.19. The molecule has 0 aliphatic heterocycles. The quantitative estimate of drug-likeness (QED) is 0.778. The Kier molecular flexibility index (Phi) is 6.11. The zero-order chi connectivity index (χ0) is 13.7. The number of aliphatic hydroxyl groups excluding tert-OH is 1. The summed E-state index contributed by atoms with van der Waals surface area (Å²) in [4.78, 5) is 2.49. The molecular formula is C16H32N2O. The lowest BCUT2D eigenvalue weighted by atomic mass is 9.90. The summed E-state index contributed by atoms with van der Waals surface area (Å²) in [7, 11) is 0. The Balaban J connectivity index is 1.74. The maximum Gasteiger partial charge on any atom is 0.0669 e. The van der Waals surface area contributed by atoms with E-state index in [9.17, 15) is 5.11 Å². The fourth-order valence-electron chi connectivity index (χ4n) is 3.98. The van der Waals surface area contributed by atoms with Gasteiger partial charge in [-0.15, -0.1) is 0 Å². The van der Waals surface area contributed by atoms with E-state index < -0.39 is 0 Å². The summed E-state index contributed by atoms with van der Waals surface area (Å²) in [5.74, 6) is 0.786. The topological polar surface area (TPSA) is 49.5 Å². The number of aliphatic hydroxyl groups is 1. The molecule has 0 aromatic heterocycles. The van der Waals surface area contributed by atoms with E-state index in [1.807, 2.05) is 0 Å². The number of nitrogens with zero attached hydrogens (tertiary/aromatic N) is 1. The van der Waals surface area contributed by atoms with Crippen LogP contribution in [0.25, 0.3) is 0 Å². The van der Waals surface area contributed by atoms with Gasteiger partial charge in [0.25, 0.3) is 0 Å². The average molecular weight is 268 g/mol. The van der Waals surface area contributed by atoms with E-state index in [2.05, 4.69) is 11.8 Å². The van der Waals surface area contributed by atoms with E-state index in [1.165, 1.54) is 38.5 Å². The van der Waals surface area contributed by atoms with Gasteiger partial charge in [0, 0.05) is 18.6 Å². The molecule has 0 radical (unpaired) electrons. The van der Waals surface area contributed by atoms with Gasteiger partial charge in [0.1, 0.15) is 0 Å². The average Bonchev–Trinajstić information content (AvgIpc) is 2.90. The number of hydrogen-bond donors (Lipinski definition) is 2. The summed E-state index contributed by atoms with van der Waals surface area (Å²) in [6.07, 6.45) is 11.0. The summed E-state index contributed by atoms with van der Waals surface area (Å²) in [5, 5.41) is 10.3. The fourth-order valence-corrected chi connectivity index (χ4v) is 3.98. The molecule has 0 aromatic rings. The lowest BCUT2D eigenvalue weighted by Crippen LogP contribution is -2.44. The van der Waals surface area contributed by atoms with E-state index in [4.69, 9.17) is 5.73 Å². The molecule has 2 aliphatic carbocycles. The molecule has 1 unspecified atom stereocenters. The molecule has 0 amide bonds. The highest BCUT2D eigenvalue weighted by molar-refractivity contribution is 4.82. The second-order valence-corrected chi connectivity index (χ2v) is 6.70. The lowest BCUT2D eigenvalue weighted by Gasteiger charge is -2.36. The highest BCUT2D eigenvalue weighted by atomic mass is 16.3. The molecule has 2 aliphatic rings. The first-order valence-corrected chi connectivity index (χ1v) is 8.36. The van der Waals surface area contributed by atoms with Crippen molar-refractivity contribution >= 4 is 0 Å². The van der Waals surface area contributed by atoms with Gasteiger partial charge < -0.3 is 10.8 Å². The summed E-state index contributed by atoms with van der Waals surface area (Å²) < 4.78 is 0. The van der Waals surface area contributed by atoms with Crippen molar-refractivity contribution in [3.05, 3.63) is 0 Å². The van der Waals surface area contributed by atoms with Gasteiger partial charge in [0.05, 0.1) is 6.10 Å². The van der Waals surface area contributed by atoms with Gasteiger partial charge in [0.15, 0.2) is 0 Å². The Hall–Kier alpha value is -0.120. The van der Waals surface area contributed by atoms with Crippen LogP contribution in [0.3, 0.4) is 0 Å². The van der Waals surface area contributed by atoms with E-state index in [0.717, 1.165) is 38.3 Å². The van der Waals surface area contributed by atoms with Crippen LogP contribution in [0.4, 0.5) is 0 Å². The molecule has 3 heteroatoms. The predicted octanol–water partition coefficient (Wildman–Crippen LogP) is 2.52. The maximum atomic E-state index is 10.3. The Bertz CT molecular complexity index is 245. The van der Waals surface area contributed by atoms with Crippen molar-refractivity contribution in [2.24, 2.45) is 11.7 Å². The molecule has 2 saturated carbocycles. The number of likely N-dealkylation sites (N-methyl/N-ethyl adjacent to an activating group) is 1. The van der Waals surface area contributed by atoms with E-state index in [-0.39, 0.29) is 6.10 Å². The maximum absolute atomic E-state index is 10.3. The molecule has 19 heavy (non-hydrogen) atoms. The highest BCUT2D eigenvalue weighted by Crippen LogP contribution is 2.29. The fraction of sp³-hybridized carbons (Fsp3) is 1.00. The van der Waals surface area contributed by atoms with Crippen LogP contribution >= 0.6 is 0 Å². The van der Waals surface area contributed by atoms with Crippen LogP contribution in [-0.2, 0) is 0 Å². The van der Waals surface area contributed by atoms with E-state index >= 15 is 0 Å². The Morgan fingerprint density at radius 3 is 2.32 bits per heavy atom. The lowest BCUT2D eigenvalue weighted by molar-refractivity contribution is 0.0608. The summed E-state index contributed by atoms with van der Waals surface area (Å²) >= 11 is 0. The molecular weight excluding hydrogens is 236 g/mol. The van der Waals surface area contributed by atoms with Crippen molar-refractivity contribution < 1.29 is 5.11 Å². The minimum atomic E-state index is -0.126. The molecule has 3 N–H and O–H groups in total. The monoisotopic (exact) mass is 268 g/mol. The van der Waals surface area contributed by atoms with Crippen molar-refractivity contribution in [2.75, 3.05) is 13.1 Å². The number of rotatable bonds is 6. The minimum Gasteiger partial charge on any atom is -0.392 e. The summed E-state index contributed by atoms with van der Waals surface area (Å²) in [6.45, 7) is 4.14. The Morgan fingerprint density at radius 2 is 1.74 bits per heavy atom. The van der Waals surface area contributed by atoms with Crippen molar-refractivity contribution in [3.8, 4) is 0 Å². The third-order valence-electron chi connectivity index (χ3n) is 5.19. The van der Waals surface area contributed by atoms with Crippen LogP contribution in [0.15, 0.2) is 0 Å². The standard InChI is InChI=1S/C16H32N2O/c1-2-18(15-9-7-14(17)8-10-15)12-16(19)11-13-5-3-4-6-13/h13-16,19H,2-12,17H2,1H3. The molecule has 2 rings (SSSR count). The van der Waals surface area contributed by atoms with Crippen molar-refractivity contribution in [1.29, 1.82) is 0 Å². The smallest absolute Gasteiger partial charge is 0.0669 e. The van der Waals surface area contributed by atoms with Gasteiger partial charge >= 0.3 is 0 Å². The van der Waals surface area contributed by atoms with Crippen molar-refractivity contribution in [2.45, 2.75) is 82.9 Å². The number of hydrogen-bond acceptors (Lipinski definition) is 3. The zero-order valence-corrected chi connectivity index (χ0v) is 12.6. The number of nitrogens with two attached hydrogens (primary N) is 1. The molecule has 0 bridgehead atoms.